The van der Waals surface area contributed by atoms with Crippen molar-refractivity contribution in [2.24, 2.45) is 0 Å². The highest BCUT2D eigenvalue weighted by molar-refractivity contribution is 14.1. The van der Waals surface area contributed by atoms with Gasteiger partial charge in [0, 0.05) is 22.6 Å². The number of rotatable bonds is 3. The smallest absolute Gasteiger partial charge is 0.203 e. The zero-order valence-corrected chi connectivity index (χ0v) is 9.35. The Morgan fingerprint density at radius 2 is 2.36 bits per heavy atom. The van der Waals surface area contributed by atoms with E-state index in [0.29, 0.717) is 6.61 Å². The molecule has 1 heterocycles. The molecule has 0 saturated carbocycles. The van der Waals surface area contributed by atoms with Crippen molar-refractivity contribution in [1.82, 2.24) is 9.36 Å². The Morgan fingerprint density at radius 1 is 1.64 bits per heavy atom. The minimum Gasteiger partial charge on any atom is -0.372 e. The van der Waals surface area contributed by atoms with Crippen molar-refractivity contribution in [2.75, 3.05) is 0 Å². The third-order valence-electron chi connectivity index (χ3n) is 0.983. The van der Waals surface area contributed by atoms with Crippen LogP contribution >= 0.6 is 34.1 Å². The molecule has 0 amide bonds. The molecule has 0 spiro atoms. The third-order valence-corrected chi connectivity index (χ3v) is 2.48. The van der Waals surface area contributed by atoms with E-state index in [-0.39, 0.29) is 6.10 Å². The molecule has 1 aromatic heterocycles. The fourth-order valence-electron chi connectivity index (χ4n) is 0.531. The molecule has 11 heavy (non-hydrogen) atoms. The van der Waals surface area contributed by atoms with Crippen molar-refractivity contribution < 1.29 is 4.74 Å². The molecule has 3 nitrogen and oxygen atoms in total. The average molecular weight is 284 g/mol. The Hall–Kier alpha value is 0.250. The van der Waals surface area contributed by atoms with Gasteiger partial charge in [-0.05, 0) is 25.4 Å². The number of hydrogen-bond acceptors (Lipinski definition) is 4. The lowest BCUT2D eigenvalue weighted by atomic mass is 10.5. The summed E-state index contributed by atoms with van der Waals surface area (Å²) in [5.74, 6) is 0. The van der Waals surface area contributed by atoms with Gasteiger partial charge in [0.1, 0.15) is 11.6 Å². The highest BCUT2D eigenvalue weighted by atomic mass is 127. The third kappa shape index (κ3) is 3.44. The summed E-state index contributed by atoms with van der Waals surface area (Å²) in [5, 5.41) is 0.947. The van der Waals surface area contributed by atoms with Gasteiger partial charge in [-0.1, -0.05) is 0 Å². The molecule has 0 unspecified atom stereocenters. The van der Waals surface area contributed by atoms with Crippen molar-refractivity contribution in [3.8, 4) is 0 Å². The lowest BCUT2D eigenvalue weighted by Gasteiger charge is -2.02. The molecule has 1 rings (SSSR count). The second-order valence-electron chi connectivity index (χ2n) is 2.32. The largest absolute Gasteiger partial charge is 0.372 e. The maximum atomic E-state index is 5.35. The molecular weight excluding hydrogens is 275 g/mol. The lowest BCUT2D eigenvalue weighted by molar-refractivity contribution is 0.0655. The van der Waals surface area contributed by atoms with Gasteiger partial charge < -0.3 is 4.74 Å². The Morgan fingerprint density at radius 3 is 2.82 bits per heavy atom. The van der Waals surface area contributed by atoms with E-state index in [9.17, 15) is 0 Å². The molecule has 0 N–H and O–H groups in total. The first-order chi connectivity index (χ1) is 5.18. The van der Waals surface area contributed by atoms with E-state index < -0.39 is 0 Å². The van der Waals surface area contributed by atoms with Gasteiger partial charge in [-0.2, -0.15) is 4.37 Å². The van der Waals surface area contributed by atoms with E-state index in [1.165, 1.54) is 11.5 Å². The van der Waals surface area contributed by atoms with Crippen molar-refractivity contribution in [1.29, 1.82) is 0 Å². The minimum atomic E-state index is 0.261. The maximum Gasteiger partial charge on any atom is 0.203 e. The molecule has 0 bridgehead atoms. The second kappa shape index (κ2) is 4.32. The summed E-state index contributed by atoms with van der Waals surface area (Å²) in [5.41, 5.74) is 0. The van der Waals surface area contributed by atoms with E-state index in [2.05, 4.69) is 31.9 Å². The normalized spacial score (nSPS) is 10.9. The minimum absolute atomic E-state index is 0.261. The molecule has 0 aromatic carbocycles. The van der Waals surface area contributed by atoms with Crippen LogP contribution in [0.15, 0.2) is 0 Å². The molecule has 5 heteroatoms. The summed E-state index contributed by atoms with van der Waals surface area (Å²) in [6.45, 7) is 4.59. The Kier molecular flexibility index (Phi) is 3.67. The Bertz CT molecular complexity index is 226. The van der Waals surface area contributed by atoms with E-state index in [0.717, 1.165) is 8.84 Å². The summed E-state index contributed by atoms with van der Waals surface area (Å²) in [6, 6.07) is 0. The standard InChI is InChI=1S/C6H9IN2OS/c1-4(2)10-3-5-8-6(7)9-11-5/h4H,3H2,1-2H3. The summed E-state index contributed by atoms with van der Waals surface area (Å²) in [6.07, 6.45) is 0.261. The van der Waals surface area contributed by atoms with Crippen LogP contribution in [-0.2, 0) is 11.3 Å². The Balaban J connectivity index is 2.39. The second-order valence-corrected chi connectivity index (χ2v) is 4.12. The van der Waals surface area contributed by atoms with Gasteiger partial charge in [-0.3, -0.25) is 0 Å². The van der Waals surface area contributed by atoms with Crippen LogP contribution in [0.3, 0.4) is 0 Å². The molecule has 0 aliphatic rings. The van der Waals surface area contributed by atoms with E-state index in [4.69, 9.17) is 4.74 Å². The summed E-state index contributed by atoms with van der Waals surface area (Å²) in [7, 11) is 0. The van der Waals surface area contributed by atoms with Gasteiger partial charge in [0.2, 0.25) is 3.83 Å². The van der Waals surface area contributed by atoms with Gasteiger partial charge >= 0.3 is 0 Å². The SMILES string of the molecule is CC(C)OCc1nc(I)ns1. The molecular formula is C6H9IN2OS. The molecule has 0 aliphatic heterocycles. The number of halogens is 1. The van der Waals surface area contributed by atoms with E-state index in [1.807, 2.05) is 13.8 Å². The quantitative estimate of drug-likeness (QED) is 0.797. The molecule has 0 radical (unpaired) electrons. The van der Waals surface area contributed by atoms with Crippen LogP contribution in [0.5, 0.6) is 0 Å². The van der Waals surface area contributed by atoms with Crippen molar-refractivity contribution in [2.45, 2.75) is 26.6 Å². The predicted molar refractivity (Wildman–Crippen MR) is 52.6 cm³/mol. The first kappa shape index (κ1) is 9.34. The fourth-order valence-corrected chi connectivity index (χ4v) is 1.75. The summed E-state index contributed by atoms with van der Waals surface area (Å²) < 4.78 is 10.2. The average Bonchev–Trinajstić information content (AvgIpc) is 2.31. The van der Waals surface area contributed by atoms with E-state index in [1.54, 1.807) is 0 Å². The van der Waals surface area contributed by atoms with Crippen LogP contribution in [0.2, 0.25) is 0 Å². The van der Waals surface area contributed by atoms with Crippen LogP contribution in [0.25, 0.3) is 0 Å². The van der Waals surface area contributed by atoms with Gasteiger partial charge in [0.05, 0.1) is 6.10 Å². The number of ether oxygens (including phenoxy) is 1. The van der Waals surface area contributed by atoms with Gasteiger partial charge in [-0.15, -0.1) is 0 Å². The fraction of sp³-hybridized carbons (Fsp3) is 0.667. The lowest BCUT2D eigenvalue weighted by Crippen LogP contribution is -2.01. The topological polar surface area (TPSA) is 35.0 Å². The van der Waals surface area contributed by atoms with Crippen molar-refractivity contribution >= 4 is 34.1 Å². The number of nitrogens with zero attached hydrogens (tertiary/aromatic N) is 2. The number of hydrogen-bond donors (Lipinski definition) is 0. The van der Waals surface area contributed by atoms with Crippen LogP contribution in [0.4, 0.5) is 0 Å². The zero-order valence-electron chi connectivity index (χ0n) is 6.37. The molecule has 0 fully saturated rings. The first-order valence-corrected chi connectivity index (χ1v) is 5.13. The molecule has 62 valence electrons. The molecule has 0 aliphatic carbocycles. The van der Waals surface area contributed by atoms with E-state index >= 15 is 0 Å². The summed E-state index contributed by atoms with van der Waals surface area (Å²) >= 11 is 3.49. The Labute approximate surface area is 83.5 Å². The molecule has 0 saturated heterocycles. The summed E-state index contributed by atoms with van der Waals surface area (Å²) in [4.78, 5) is 4.15. The van der Waals surface area contributed by atoms with Gasteiger partial charge in [0.15, 0.2) is 0 Å². The highest BCUT2D eigenvalue weighted by Gasteiger charge is 2.01. The van der Waals surface area contributed by atoms with Gasteiger partial charge in [-0.25, -0.2) is 4.98 Å². The first-order valence-electron chi connectivity index (χ1n) is 3.28. The highest BCUT2D eigenvalue weighted by Crippen LogP contribution is 2.08. The van der Waals surface area contributed by atoms with Crippen molar-refractivity contribution in [3.05, 3.63) is 8.84 Å². The van der Waals surface area contributed by atoms with Crippen LogP contribution < -0.4 is 0 Å². The molecule has 0 atom stereocenters. The van der Waals surface area contributed by atoms with Crippen molar-refractivity contribution in [3.63, 3.8) is 0 Å². The molecule has 1 aromatic rings. The monoisotopic (exact) mass is 284 g/mol. The van der Waals surface area contributed by atoms with Crippen LogP contribution in [0.1, 0.15) is 18.9 Å². The van der Waals surface area contributed by atoms with Crippen LogP contribution in [-0.4, -0.2) is 15.5 Å². The van der Waals surface area contributed by atoms with Crippen LogP contribution in [0, 0.1) is 3.83 Å². The number of aromatic nitrogens is 2. The maximum absolute atomic E-state index is 5.35. The van der Waals surface area contributed by atoms with Gasteiger partial charge in [0.25, 0.3) is 0 Å². The predicted octanol–water partition coefficient (Wildman–Crippen LogP) is 2.07. The zero-order chi connectivity index (χ0) is 8.27.